The highest BCUT2D eigenvalue weighted by Crippen LogP contribution is 2.16. The lowest BCUT2D eigenvalue weighted by Gasteiger charge is -2.04. The van der Waals surface area contributed by atoms with Gasteiger partial charge in [0.15, 0.2) is 0 Å². The van der Waals surface area contributed by atoms with Crippen LogP contribution in [0.4, 0.5) is 0 Å². The zero-order valence-electron chi connectivity index (χ0n) is 13.0. The van der Waals surface area contributed by atoms with E-state index in [1.165, 1.54) is 0 Å². The third-order valence-corrected chi connectivity index (χ3v) is 3.87. The molecule has 0 spiro atoms. The predicted octanol–water partition coefficient (Wildman–Crippen LogP) is 2.46. The van der Waals surface area contributed by atoms with Crippen LogP contribution in [-0.2, 0) is 6.42 Å². The Labute approximate surface area is 137 Å². The first kappa shape index (κ1) is 14.3. The van der Waals surface area contributed by atoms with Gasteiger partial charge in [0.2, 0.25) is 0 Å². The number of rotatable bonds is 3. The fourth-order valence-corrected chi connectivity index (χ4v) is 2.60. The molecule has 3 heterocycles. The molecule has 3 aromatic heterocycles. The van der Waals surface area contributed by atoms with Gasteiger partial charge < -0.3 is 5.21 Å². The number of aromatic nitrogens is 5. The molecule has 7 heteroatoms. The van der Waals surface area contributed by atoms with E-state index >= 15 is 0 Å². The second kappa shape index (κ2) is 5.69. The van der Waals surface area contributed by atoms with Crippen LogP contribution < -0.4 is 0 Å². The van der Waals surface area contributed by atoms with E-state index < -0.39 is 0 Å². The molecule has 0 aliphatic rings. The number of hydrogen-bond acceptors (Lipinski definition) is 6. The van der Waals surface area contributed by atoms with Gasteiger partial charge in [0.1, 0.15) is 11.4 Å². The van der Waals surface area contributed by atoms with Crippen LogP contribution >= 0.6 is 0 Å². The van der Waals surface area contributed by atoms with E-state index in [4.69, 9.17) is 5.21 Å². The van der Waals surface area contributed by atoms with E-state index in [-0.39, 0.29) is 0 Å². The minimum atomic E-state index is 0.404. The van der Waals surface area contributed by atoms with E-state index in [0.717, 1.165) is 22.2 Å². The number of benzene rings is 1. The van der Waals surface area contributed by atoms with Crippen LogP contribution in [0.2, 0.25) is 0 Å². The summed E-state index contributed by atoms with van der Waals surface area (Å²) in [6, 6.07) is 10.1. The standard InChI is InChI=1S/C17H14N6O/c1-11(22-24)16-10-20-17-19-9-14(23(17)21-16)8-12-4-5-15-13(7-12)3-2-6-18-15/h2-7,9-10,24H,8H2,1H3/b22-11+. The Kier molecular flexibility index (Phi) is 3.38. The average molecular weight is 318 g/mol. The van der Waals surface area contributed by atoms with Crippen molar-refractivity contribution in [2.45, 2.75) is 13.3 Å². The van der Waals surface area contributed by atoms with Crippen LogP contribution in [0.3, 0.4) is 0 Å². The summed E-state index contributed by atoms with van der Waals surface area (Å²) in [5.74, 6) is 0.516. The van der Waals surface area contributed by atoms with Crippen molar-refractivity contribution in [3.8, 4) is 0 Å². The molecule has 0 saturated heterocycles. The molecular weight excluding hydrogens is 304 g/mol. The molecule has 4 aromatic rings. The number of hydrogen-bond donors (Lipinski definition) is 1. The molecule has 0 radical (unpaired) electrons. The van der Waals surface area contributed by atoms with Gasteiger partial charge in [-0.1, -0.05) is 17.3 Å². The quantitative estimate of drug-likeness (QED) is 0.356. The first-order valence-electron chi connectivity index (χ1n) is 7.47. The monoisotopic (exact) mass is 318 g/mol. The van der Waals surface area contributed by atoms with E-state index in [0.29, 0.717) is 23.6 Å². The smallest absolute Gasteiger partial charge is 0.250 e. The van der Waals surface area contributed by atoms with Gasteiger partial charge in [0, 0.05) is 18.0 Å². The summed E-state index contributed by atoms with van der Waals surface area (Å²) >= 11 is 0. The number of pyridine rings is 1. The van der Waals surface area contributed by atoms with Crippen molar-refractivity contribution in [1.29, 1.82) is 0 Å². The van der Waals surface area contributed by atoms with Crippen LogP contribution in [0, 0.1) is 0 Å². The molecule has 1 N–H and O–H groups in total. The lowest BCUT2D eigenvalue weighted by Crippen LogP contribution is -2.07. The fraction of sp³-hybridized carbons (Fsp3) is 0.118. The molecule has 1 aromatic carbocycles. The zero-order valence-corrected chi connectivity index (χ0v) is 13.0. The second-order valence-electron chi connectivity index (χ2n) is 5.50. The Morgan fingerprint density at radius 3 is 2.92 bits per heavy atom. The summed E-state index contributed by atoms with van der Waals surface area (Å²) in [6.45, 7) is 1.67. The first-order chi connectivity index (χ1) is 11.7. The highest BCUT2D eigenvalue weighted by Gasteiger charge is 2.10. The number of imidazole rings is 1. The van der Waals surface area contributed by atoms with E-state index in [1.807, 2.05) is 24.3 Å². The Balaban J connectivity index is 1.75. The maximum atomic E-state index is 8.91. The van der Waals surface area contributed by atoms with Gasteiger partial charge in [0.05, 0.1) is 23.6 Å². The second-order valence-corrected chi connectivity index (χ2v) is 5.50. The van der Waals surface area contributed by atoms with Crippen molar-refractivity contribution in [2.24, 2.45) is 5.16 Å². The SMILES string of the molecule is C/C(=N\O)c1cnc2ncc(Cc3ccc4ncccc4c3)n2n1. The third kappa shape index (κ3) is 2.45. The number of oxime groups is 1. The molecule has 0 aliphatic carbocycles. The third-order valence-electron chi connectivity index (χ3n) is 3.87. The molecule has 0 saturated carbocycles. The van der Waals surface area contributed by atoms with Crippen molar-refractivity contribution < 1.29 is 5.21 Å². The van der Waals surface area contributed by atoms with E-state index in [1.54, 1.807) is 30.0 Å². The molecule has 0 atom stereocenters. The summed E-state index contributed by atoms with van der Waals surface area (Å²) < 4.78 is 1.68. The van der Waals surface area contributed by atoms with Gasteiger partial charge >= 0.3 is 0 Å². The fourth-order valence-electron chi connectivity index (χ4n) is 2.60. The van der Waals surface area contributed by atoms with Crippen LogP contribution in [0.5, 0.6) is 0 Å². The lowest BCUT2D eigenvalue weighted by molar-refractivity contribution is 0.319. The van der Waals surface area contributed by atoms with Gasteiger partial charge in [0.25, 0.3) is 5.78 Å². The zero-order chi connectivity index (χ0) is 16.5. The predicted molar refractivity (Wildman–Crippen MR) is 89.3 cm³/mol. The van der Waals surface area contributed by atoms with Gasteiger partial charge in [-0.15, -0.1) is 0 Å². The minimum absolute atomic E-state index is 0.404. The molecule has 0 fully saturated rings. The first-order valence-corrected chi connectivity index (χ1v) is 7.47. The lowest BCUT2D eigenvalue weighted by atomic mass is 10.1. The molecule has 0 bridgehead atoms. The Hall–Kier alpha value is -3.35. The largest absolute Gasteiger partial charge is 0.411 e. The van der Waals surface area contributed by atoms with Gasteiger partial charge in [-0.05, 0) is 30.7 Å². The highest BCUT2D eigenvalue weighted by atomic mass is 16.4. The summed E-state index contributed by atoms with van der Waals surface area (Å²) in [7, 11) is 0. The van der Waals surface area contributed by atoms with Crippen LogP contribution in [0.25, 0.3) is 16.7 Å². The Bertz CT molecular complexity index is 1070. The normalized spacial score (nSPS) is 12.1. The van der Waals surface area contributed by atoms with Crippen LogP contribution in [0.15, 0.2) is 54.1 Å². The van der Waals surface area contributed by atoms with E-state index in [9.17, 15) is 0 Å². The highest BCUT2D eigenvalue weighted by molar-refractivity contribution is 5.96. The summed E-state index contributed by atoms with van der Waals surface area (Å²) in [5, 5.41) is 17.6. The topological polar surface area (TPSA) is 88.6 Å². The molecule has 0 aliphatic heterocycles. The minimum Gasteiger partial charge on any atom is -0.411 e. The number of nitrogens with zero attached hydrogens (tertiary/aromatic N) is 6. The number of fused-ring (bicyclic) bond motifs is 2. The van der Waals surface area contributed by atoms with Gasteiger partial charge in [-0.25, -0.2) is 14.5 Å². The van der Waals surface area contributed by atoms with Crippen molar-refractivity contribution in [3.63, 3.8) is 0 Å². The molecule has 118 valence electrons. The van der Waals surface area contributed by atoms with Crippen LogP contribution in [0.1, 0.15) is 23.9 Å². The van der Waals surface area contributed by atoms with Crippen molar-refractivity contribution in [3.05, 3.63) is 65.9 Å². The Morgan fingerprint density at radius 1 is 1.17 bits per heavy atom. The summed E-state index contributed by atoms with van der Waals surface area (Å²) in [5.41, 5.74) is 3.93. The van der Waals surface area contributed by atoms with Gasteiger partial charge in [-0.3, -0.25) is 4.98 Å². The van der Waals surface area contributed by atoms with Crippen molar-refractivity contribution >= 4 is 22.4 Å². The van der Waals surface area contributed by atoms with Crippen molar-refractivity contribution in [1.82, 2.24) is 24.6 Å². The molecular formula is C17H14N6O. The van der Waals surface area contributed by atoms with E-state index in [2.05, 4.69) is 31.3 Å². The average Bonchev–Trinajstić information content (AvgIpc) is 3.03. The maximum Gasteiger partial charge on any atom is 0.250 e. The van der Waals surface area contributed by atoms with Crippen molar-refractivity contribution in [2.75, 3.05) is 0 Å². The Morgan fingerprint density at radius 2 is 2.04 bits per heavy atom. The molecule has 4 rings (SSSR count). The molecule has 0 unspecified atom stereocenters. The molecule has 7 nitrogen and oxygen atoms in total. The van der Waals surface area contributed by atoms with Crippen LogP contribution in [-0.4, -0.2) is 35.5 Å². The maximum absolute atomic E-state index is 8.91. The molecule has 0 amide bonds. The molecule has 24 heavy (non-hydrogen) atoms. The van der Waals surface area contributed by atoms with Gasteiger partial charge in [-0.2, -0.15) is 5.10 Å². The summed E-state index contributed by atoms with van der Waals surface area (Å²) in [6.07, 6.45) is 5.76. The summed E-state index contributed by atoms with van der Waals surface area (Å²) in [4.78, 5) is 12.9.